The molecule has 0 saturated carbocycles. The summed E-state index contributed by atoms with van der Waals surface area (Å²) >= 11 is 0. The Morgan fingerprint density at radius 1 is 1.10 bits per heavy atom. The van der Waals surface area contributed by atoms with Crippen molar-refractivity contribution in [2.24, 2.45) is 0 Å². The molecular weight excluding hydrogens is 249 g/mol. The Hall–Kier alpha value is 1.15. The number of rotatable bonds is 3. The molecule has 0 saturated heterocycles. The number of nitrogens with zero attached hydrogens (tertiary/aromatic N) is 1. The molecule has 0 rings (SSSR count). The number of hydrogen-bond donors (Lipinski definition) is 0. The molecular formula is C8H18LaN-. The zero-order chi connectivity index (χ0) is 7.44. The average molecular weight is 267 g/mol. The second-order valence-corrected chi connectivity index (χ2v) is 2.93. The van der Waals surface area contributed by atoms with Crippen molar-refractivity contribution in [1.29, 1.82) is 0 Å². The van der Waals surface area contributed by atoms with E-state index in [1.165, 1.54) is 0 Å². The topological polar surface area (TPSA) is 3.24 Å². The Bertz CT molecular complexity index is 63.7. The van der Waals surface area contributed by atoms with Gasteiger partial charge in [-0.1, -0.05) is 0 Å². The summed E-state index contributed by atoms with van der Waals surface area (Å²) in [5, 5.41) is 0. The molecule has 0 aromatic heterocycles. The van der Waals surface area contributed by atoms with Gasteiger partial charge in [-0.15, -0.1) is 6.54 Å². The monoisotopic (exact) mass is 267 g/mol. The van der Waals surface area contributed by atoms with E-state index in [1.807, 2.05) is 0 Å². The van der Waals surface area contributed by atoms with Crippen LogP contribution in [-0.2, 0) is 0 Å². The van der Waals surface area contributed by atoms with Crippen LogP contribution in [0, 0.1) is 42.5 Å². The maximum Gasteiger partial charge on any atom is 0.00127 e. The molecule has 0 fully saturated rings. The predicted molar refractivity (Wildman–Crippen MR) is 42.3 cm³/mol. The standard InChI is InChI=1S/C8H18N.La/c1-6-9(7(2)3)8(4)5;/h7-8H,1,6H2,2-5H3;/q-1;. The SMILES string of the molecule is [CH2-]CN(C(C)C)C(C)C.[La]. The van der Waals surface area contributed by atoms with Crippen LogP contribution in [0.15, 0.2) is 0 Å². The molecule has 0 atom stereocenters. The minimum atomic E-state index is 0. The van der Waals surface area contributed by atoms with Crippen molar-refractivity contribution in [3.05, 3.63) is 6.92 Å². The van der Waals surface area contributed by atoms with E-state index in [0.717, 1.165) is 6.54 Å². The third kappa shape index (κ3) is 4.89. The largest absolute Gasteiger partial charge is 0.330 e. The van der Waals surface area contributed by atoms with Crippen LogP contribution in [0.2, 0.25) is 0 Å². The molecule has 1 nitrogen and oxygen atoms in total. The van der Waals surface area contributed by atoms with E-state index in [9.17, 15) is 0 Å². The third-order valence-corrected chi connectivity index (χ3v) is 1.58. The third-order valence-electron chi connectivity index (χ3n) is 1.58. The van der Waals surface area contributed by atoms with Gasteiger partial charge in [0.25, 0.3) is 0 Å². The van der Waals surface area contributed by atoms with Gasteiger partial charge in [0.2, 0.25) is 0 Å². The van der Waals surface area contributed by atoms with E-state index in [1.54, 1.807) is 0 Å². The molecule has 59 valence electrons. The van der Waals surface area contributed by atoms with E-state index in [2.05, 4.69) is 39.5 Å². The van der Waals surface area contributed by atoms with Gasteiger partial charge >= 0.3 is 0 Å². The summed E-state index contributed by atoms with van der Waals surface area (Å²) < 4.78 is 0. The van der Waals surface area contributed by atoms with Gasteiger partial charge in [-0.2, -0.15) is 0 Å². The normalized spacial score (nSPS) is 10.8. The molecule has 0 spiro atoms. The first kappa shape index (κ1) is 13.7. The summed E-state index contributed by atoms with van der Waals surface area (Å²) in [5.41, 5.74) is 0. The van der Waals surface area contributed by atoms with Gasteiger partial charge in [0.1, 0.15) is 0 Å². The van der Waals surface area contributed by atoms with Crippen LogP contribution in [0.5, 0.6) is 0 Å². The first-order valence-corrected chi connectivity index (χ1v) is 3.64. The van der Waals surface area contributed by atoms with Gasteiger partial charge in [-0.3, -0.25) is 0 Å². The first-order chi connectivity index (χ1) is 4.09. The predicted octanol–water partition coefficient (Wildman–Crippen LogP) is 1.94. The van der Waals surface area contributed by atoms with Gasteiger partial charge in [0.15, 0.2) is 0 Å². The molecule has 0 amide bonds. The molecule has 0 aromatic carbocycles. The molecule has 0 aliphatic heterocycles. The second-order valence-electron chi connectivity index (χ2n) is 2.93. The number of hydrogen-bond acceptors (Lipinski definition) is 1. The Morgan fingerprint density at radius 3 is 1.40 bits per heavy atom. The van der Waals surface area contributed by atoms with Gasteiger partial charge in [0, 0.05) is 47.7 Å². The van der Waals surface area contributed by atoms with Gasteiger partial charge in [0.05, 0.1) is 0 Å². The Morgan fingerprint density at radius 2 is 1.40 bits per heavy atom. The van der Waals surface area contributed by atoms with Crippen LogP contribution < -0.4 is 0 Å². The quantitative estimate of drug-likeness (QED) is 0.706. The average Bonchev–Trinajstić information content (AvgIpc) is 1.64. The minimum absolute atomic E-state index is 0. The first-order valence-electron chi connectivity index (χ1n) is 3.64. The van der Waals surface area contributed by atoms with Crippen molar-refractivity contribution in [2.75, 3.05) is 6.54 Å². The van der Waals surface area contributed by atoms with E-state index in [-0.39, 0.29) is 35.6 Å². The zero-order valence-corrected chi connectivity index (χ0v) is 11.2. The molecule has 0 N–H and O–H groups in total. The smallest absolute Gasteiger partial charge is 0.00127 e. The van der Waals surface area contributed by atoms with Crippen molar-refractivity contribution >= 4 is 0 Å². The molecule has 10 heavy (non-hydrogen) atoms. The van der Waals surface area contributed by atoms with Gasteiger partial charge in [-0.05, 0) is 27.7 Å². The fourth-order valence-electron chi connectivity index (χ4n) is 1.11. The van der Waals surface area contributed by atoms with Crippen molar-refractivity contribution in [1.82, 2.24) is 4.90 Å². The summed E-state index contributed by atoms with van der Waals surface area (Å²) in [6, 6.07) is 1.25. The van der Waals surface area contributed by atoms with Crippen LogP contribution in [0.3, 0.4) is 0 Å². The summed E-state index contributed by atoms with van der Waals surface area (Å²) in [5.74, 6) is 0. The molecule has 0 aromatic rings. The Kier molecular flexibility index (Phi) is 9.39. The Labute approximate surface area is 93.2 Å². The van der Waals surface area contributed by atoms with Crippen LogP contribution in [0.1, 0.15) is 27.7 Å². The zero-order valence-electron chi connectivity index (χ0n) is 7.59. The summed E-state index contributed by atoms with van der Waals surface area (Å²) in [6.45, 7) is 13.6. The van der Waals surface area contributed by atoms with E-state index >= 15 is 0 Å². The molecule has 0 aliphatic rings. The van der Waals surface area contributed by atoms with E-state index in [0.29, 0.717) is 12.1 Å². The summed E-state index contributed by atoms with van der Waals surface area (Å²) in [7, 11) is 0. The molecule has 0 bridgehead atoms. The molecule has 1 radical (unpaired) electrons. The van der Waals surface area contributed by atoms with Crippen LogP contribution in [0.4, 0.5) is 0 Å². The van der Waals surface area contributed by atoms with E-state index < -0.39 is 0 Å². The fraction of sp³-hybridized carbons (Fsp3) is 0.875. The minimum Gasteiger partial charge on any atom is -0.330 e. The maximum atomic E-state index is 3.85. The molecule has 2 heteroatoms. The summed E-state index contributed by atoms with van der Waals surface area (Å²) in [4.78, 5) is 2.35. The van der Waals surface area contributed by atoms with Gasteiger partial charge in [-0.25, -0.2) is 0 Å². The van der Waals surface area contributed by atoms with E-state index in [4.69, 9.17) is 0 Å². The van der Waals surface area contributed by atoms with Crippen molar-refractivity contribution in [3.8, 4) is 0 Å². The van der Waals surface area contributed by atoms with Gasteiger partial charge < -0.3 is 11.8 Å². The van der Waals surface area contributed by atoms with Crippen LogP contribution >= 0.6 is 0 Å². The van der Waals surface area contributed by atoms with Crippen LogP contribution in [-0.4, -0.2) is 23.5 Å². The van der Waals surface area contributed by atoms with Crippen molar-refractivity contribution in [2.45, 2.75) is 39.8 Å². The Balaban J connectivity index is 0. The molecule has 0 heterocycles. The summed E-state index contributed by atoms with van der Waals surface area (Å²) in [6.07, 6.45) is 0. The molecule has 0 aliphatic carbocycles. The molecule has 0 unspecified atom stereocenters. The fourth-order valence-corrected chi connectivity index (χ4v) is 1.11. The maximum absolute atomic E-state index is 3.85. The van der Waals surface area contributed by atoms with Crippen molar-refractivity contribution in [3.63, 3.8) is 0 Å². The van der Waals surface area contributed by atoms with Crippen LogP contribution in [0.25, 0.3) is 0 Å². The van der Waals surface area contributed by atoms with Crippen molar-refractivity contribution < 1.29 is 35.6 Å². The second kappa shape index (κ2) is 6.84.